The number of benzene rings is 2. The number of carbonyl (C=O) groups excluding carboxylic acids is 1. The number of ether oxygens (including phenoxy) is 1. The predicted molar refractivity (Wildman–Crippen MR) is 105 cm³/mol. The van der Waals surface area contributed by atoms with Gasteiger partial charge in [-0.05, 0) is 18.2 Å². The van der Waals surface area contributed by atoms with Gasteiger partial charge in [0, 0.05) is 33.8 Å². The van der Waals surface area contributed by atoms with Gasteiger partial charge in [0.1, 0.15) is 0 Å². The van der Waals surface area contributed by atoms with E-state index in [1.54, 1.807) is 6.07 Å². The van der Waals surface area contributed by atoms with Crippen LogP contribution in [0.5, 0.6) is 11.5 Å². The molecule has 0 atom stereocenters. The molecule has 1 heterocycles. The molecule has 1 aromatic heterocycles. The van der Waals surface area contributed by atoms with Crippen LogP contribution in [0, 0.1) is 20.2 Å². The van der Waals surface area contributed by atoms with Crippen molar-refractivity contribution in [3.63, 3.8) is 0 Å². The maximum atomic E-state index is 12.3. The van der Waals surface area contributed by atoms with Crippen LogP contribution in [-0.2, 0) is 0 Å². The quantitative estimate of drug-likeness (QED) is 0.355. The highest BCUT2D eigenvalue weighted by Crippen LogP contribution is 2.36. The van der Waals surface area contributed by atoms with Crippen molar-refractivity contribution in [2.45, 2.75) is 0 Å². The first kappa shape index (κ1) is 19.7. The fourth-order valence-corrected chi connectivity index (χ4v) is 3.39. The molecular formula is C17H12N4O7S. The number of nitrogens with zero attached hydrogens (tertiary/aromatic N) is 3. The van der Waals surface area contributed by atoms with Crippen LogP contribution in [0.2, 0.25) is 0 Å². The first-order chi connectivity index (χ1) is 13.8. The number of hydrogen-bond donors (Lipinski definition) is 2. The van der Waals surface area contributed by atoms with Gasteiger partial charge < -0.3 is 9.84 Å². The van der Waals surface area contributed by atoms with E-state index in [-0.39, 0.29) is 21.9 Å². The SMILES string of the molecule is COc1cc(/C=N\NC(=O)c2cc3cc([N+](=O)[O-])ccc3s2)cc([N+](=O)[O-])c1O. The van der Waals surface area contributed by atoms with Gasteiger partial charge in [0.15, 0.2) is 5.75 Å². The lowest BCUT2D eigenvalue weighted by Crippen LogP contribution is -2.16. The molecule has 0 unspecified atom stereocenters. The average molecular weight is 416 g/mol. The average Bonchev–Trinajstić information content (AvgIpc) is 3.12. The summed E-state index contributed by atoms with van der Waals surface area (Å²) in [5.41, 5.74) is 1.85. The molecule has 0 bridgehead atoms. The highest BCUT2D eigenvalue weighted by molar-refractivity contribution is 7.20. The Balaban J connectivity index is 1.79. The topological polar surface area (TPSA) is 157 Å². The molecule has 0 saturated carbocycles. The van der Waals surface area contributed by atoms with Crippen LogP contribution < -0.4 is 10.2 Å². The van der Waals surface area contributed by atoms with Gasteiger partial charge >= 0.3 is 5.69 Å². The summed E-state index contributed by atoms with van der Waals surface area (Å²) in [6, 6.07) is 8.17. The van der Waals surface area contributed by atoms with Gasteiger partial charge in [0.2, 0.25) is 5.75 Å². The van der Waals surface area contributed by atoms with Crippen LogP contribution in [0.25, 0.3) is 10.1 Å². The molecule has 1 amide bonds. The Morgan fingerprint density at radius 2 is 1.97 bits per heavy atom. The first-order valence-electron chi connectivity index (χ1n) is 7.87. The van der Waals surface area contributed by atoms with Crippen LogP contribution in [-0.4, -0.2) is 34.2 Å². The normalized spacial score (nSPS) is 10.9. The third-order valence-electron chi connectivity index (χ3n) is 3.81. The molecule has 3 aromatic rings. The van der Waals surface area contributed by atoms with E-state index in [4.69, 9.17) is 4.74 Å². The van der Waals surface area contributed by atoms with Crippen LogP contribution in [0.1, 0.15) is 15.2 Å². The van der Waals surface area contributed by atoms with E-state index in [2.05, 4.69) is 10.5 Å². The Labute approximate surface area is 166 Å². The number of methoxy groups -OCH3 is 1. The number of phenolic OH excluding ortho intramolecular Hbond substituents is 1. The molecule has 3 rings (SSSR count). The van der Waals surface area contributed by atoms with Gasteiger partial charge in [0.05, 0.1) is 28.0 Å². The largest absolute Gasteiger partial charge is 0.500 e. The maximum absolute atomic E-state index is 12.3. The number of rotatable bonds is 6. The second-order valence-corrected chi connectivity index (χ2v) is 6.72. The van der Waals surface area contributed by atoms with Gasteiger partial charge in [-0.2, -0.15) is 5.10 Å². The second kappa shape index (κ2) is 7.90. The minimum atomic E-state index is -0.774. The Morgan fingerprint density at radius 1 is 1.21 bits per heavy atom. The number of phenols is 1. The maximum Gasteiger partial charge on any atom is 0.315 e. The lowest BCUT2D eigenvalue weighted by molar-refractivity contribution is -0.386. The standard InChI is InChI=1S/C17H12N4O7S/c1-28-13-5-9(4-12(16(13)22)21(26)27)8-18-19-17(23)15-7-10-6-11(20(24)25)2-3-14(10)29-15/h2-8,22H,1H3,(H,19,23)/b18-8-. The van der Waals surface area contributed by atoms with Crippen molar-refractivity contribution in [1.29, 1.82) is 0 Å². The van der Waals surface area contributed by atoms with E-state index in [0.29, 0.717) is 10.1 Å². The first-order valence-corrected chi connectivity index (χ1v) is 8.68. The van der Waals surface area contributed by atoms with Gasteiger partial charge in [0.25, 0.3) is 11.6 Å². The number of nitro groups is 2. The summed E-state index contributed by atoms with van der Waals surface area (Å²) in [6.07, 6.45) is 1.16. The van der Waals surface area contributed by atoms with Crippen molar-refractivity contribution in [3.05, 3.63) is 67.1 Å². The number of hydrogen-bond acceptors (Lipinski definition) is 9. The fraction of sp³-hybridized carbons (Fsp3) is 0.0588. The number of non-ortho nitro benzene ring substituents is 1. The molecule has 0 radical (unpaired) electrons. The number of amides is 1. The zero-order chi connectivity index (χ0) is 21.1. The molecule has 0 fully saturated rings. The highest BCUT2D eigenvalue weighted by Gasteiger charge is 2.19. The molecule has 11 nitrogen and oxygen atoms in total. The van der Waals surface area contributed by atoms with Crippen molar-refractivity contribution in [2.75, 3.05) is 7.11 Å². The highest BCUT2D eigenvalue weighted by atomic mass is 32.1. The van der Waals surface area contributed by atoms with Crippen molar-refractivity contribution in [1.82, 2.24) is 5.43 Å². The molecule has 148 valence electrons. The summed E-state index contributed by atoms with van der Waals surface area (Å²) in [5.74, 6) is -1.28. The number of thiophene rings is 1. The lowest BCUT2D eigenvalue weighted by atomic mass is 10.2. The van der Waals surface area contributed by atoms with Gasteiger partial charge in [-0.15, -0.1) is 11.3 Å². The molecule has 0 aliphatic carbocycles. The number of hydrazone groups is 1. The van der Waals surface area contributed by atoms with Crippen molar-refractivity contribution in [3.8, 4) is 11.5 Å². The number of aromatic hydroxyl groups is 1. The summed E-state index contributed by atoms with van der Waals surface area (Å²) in [4.78, 5) is 33.1. The fourth-order valence-electron chi connectivity index (χ4n) is 2.46. The Hall–Kier alpha value is -4.06. The van der Waals surface area contributed by atoms with E-state index < -0.39 is 27.2 Å². The minimum absolute atomic E-state index is 0.0804. The Bertz CT molecular complexity index is 1170. The molecule has 0 aliphatic heterocycles. The molecular weight excluding hydrogens is 404 g/mol. The monoisotopic (exact) mass is 416 g/mol. The third-order valence-corrected chi connectivity index (χ3v) is 4.92. The molecule has 29 heavy (non-hydrogen) atoms. The number of carbonyl (C=O) groups is 1. The van der Waals surface area contributed by atoms with E-state index in [1.165, 1.54) is 31.4 Å². The molecule has 0 spiro atoms. The minimum Gasteiger partial charge on any atom is -0.500 e. The van der Waals surface area contributed by atoms with Crippen molar-refractivity contribution >= 4 is 44.9 Å². The zero-order valence-corrected chi connectivity index (χ0v) is 15.5. The molecule has 2 N–H and O–H groups in total. The van der Waals surface area contributed by atoms with Crippen LogP contribution >= 0.6 is 11.3 Å². The van der Waals surface area contributed by atoms with E-state index in [1.807, 2.05) is 0 Å². The Kier molecular flexibility index (Phi) is 5.36. The van der Waals surface area contributed by atoms with Crippen molar-refractivity contribution < 1.29 is 24.5 Å². The number of nitrogens with one attached hydrogen (secondary N) is 1. The van der Waals surface area contributed by atoms with Gasteiger partial charge in [-0.3, -0.25) is 25.0 Å². The van der Waals surface area contributed by atoms with Crippen LogP contribution in [0.15, 0.2) is 41.5 Å². The summed E-state index contributed by atoms with van der Waals surface area (Å²) in [7, 11) is 1.24. The molecule has 0 saturated heterocycles. The molecule has 0 aliphatic rings. The summed E-state index contributed by atoms with van der Waals surface area (Å²) in [5, 5.41) is 35.9. The van der Waals surface area contributed by atoms with E-state index in [9.17, 15) is 30.1 Å². The summed E-state index contributed by atoms with van der Waals surface area (Å²) < 4.78 is 5.58. The number of nitro benzene ring substituents is 2. The molecule has 2 aromatic carbocycles. The van der Waals surface area contributed by atoms with Crippen molar-refractivity contribution in [2.24, 2.45) is 5.10 Å². The zero-order valence-electron chi connectivity index (χ0n) is 14.7. The predicted octanol–water partition coefficient (Wildman–Crippen LogP) is 3.20. The van der Waals surface area contributed by atoms with Gasteiger partial charge in [-0.25, -0.2) is 5.43 Å². The number of fused-ring (bicyclic) bond motifs is 1. The van der Waals surface area contributed by atoms with Gasteiger partial charge in [-0.1, -0.05) is 0 Å². The second-order valence-electron chi connectivity index (χ2n) is 5.64. The molecule has 12 heteroatoms. The van der Waals surface area contributed by atoms with Crippen LogP contribution in [0.4, 0.5) is 11.4 Å². The third kappa shape index (κ3) is 4.11. The van der Waals surface area contributed by atoms with E-state index >= 15 is 0 Å². The lowest BCUT2D eigenvalue weighted by Gasteiger charge is -2.05. The summed E-state index contributed by atoms with van der Waals surface area (Å²) >= 11 is 1.14. The van der Waals surface area contributed by atoms with E-state index in [0.717, 1.165) is 23.6 Å². The van der Waals surface area contributed by atoms with Crippen LogP contribution in [0.3, 0.4) is 0 Å². The summed E-state index contributed by atoms with van der Waals surface area (Å²) in [6.45, 7) is 0. The smallest absolute Gasteiger partial charge is 0.315 e. The Morgan fingerprint density at radius 3 is 2.62 bits per heavy atom.